The second-order valence-electron chi connectivity index (χ2n) is 13.3. The number of hydrogen-bond donors (Lipinski definition) is 0. The number of nitrogens with zero attached hydrogens (tertiary/aromatic N) is 5. The summed E-state index contributed by atoms with van der Waals surface area (Å²) in [5, 5.41) is 2.64. The van der Waals surface area contributed by atoms with E-state index in [1.807, 2.05) is 71.3 Å². The van der Waals surface area contributed by atoms with Crippen LogP contribution in [-0.4, -0.2) is 23.9 Å². The van der Waals surface area contributed by atoms with E-state index >= 15 is 0 Å². The summed E-state index contributed by atoms with van der Waals surface area (Å²) in [5.41, 5.74) is 11.1. The Kier molecular flexibility index (Phi) is 5.68. The molecule has 10 rings (SSSR count). The van der Waals surface area contributed by atoms with Gasteiger partial charge in [0.05, 0.1) is 16.7 Å². The molecule has 0 amide bonds. The van der Waals surface area contributed by atoms with Crippen LogP contribution in [0.3, 0.4) is 0 Å². The van der Waals surface area contributed by atoms with Gasteiger partial charge in [-0.05, 0) is 63.7 Å². The van der Waals surface area contributed by atoms with Gasteiger partial charge in [-0.2, -0.15) is 9.97 Å². The zero-order valence-corrected chi connectivity index (χ0v) is 26.9. The van der Waals surface area contributed by atoms with Gasteiger partial charge in [0.25, 0.3) is 5.56 Å². The Morgan fingerprint density at radius 2 is 1.29 bits per heavy atom. The van der Waals surface area contributed by atoms with E-state index < -0.39 is 0 Å². The molecule has 49 heavy (non-hydrogen) atoms. The predicted molar refractivity (Wildman–Crippen MR) is 197 cm³/mol. The first kappa shape index (κ1) is 27.7. The molecule has 6 heteroatoms. The van der Waals surface area contributed by atoms with Crippen LogP contribution in [0.4, 0.5) is 0 Å². The Balaban J connectivity index is 1.32. The molecule has 0 fully saturated rings. The molecule has 9 aromatic rings. The van der Waals surface area contributed by atoms with Crippen molar-refractivity contribution in [2.75, 3.05) is 0 Å². The van der Waals surface area contributed by atoms with E-state index in [9.17, 15) is 4.79 Å². The van der Waals surface area contributed by atoms with Crippen LogP contribution < -0.4 is 5.56 Å². The summed E-state index contributed by atoms with van der Waals surface area (Å²) in [6, 6.07) is 45.8. The molecule has 0 atom stereocenters. The molecular weight excluding hydrogens is 603 g/mol. The summed E-state index contributed by atoms with van der Waals surface area (Å²) in [7, 11) is 0. The zero-order valence-electron chi connectivity index (χ0n) is 26.9. The van der Waals surface area contributed by atoms with Crippen LogP contribution in [0.1, 0.15) is 25.0 Å². The second kappa shape index (κ2) is 10.1. The number of benzene rings is 5. The van der Waals surface area contributed by atoms with Crippen molar-refractivity contribution in [2.45, 2.75) is 19.3 Å². The average Bonchev–Trinajstić information content (AvgIpc) is 3.59. The maximum Gasteiger partial charge on any atom is 0.284 e. The van der Waals surface area contributed by atoms with Gasteiger partial charge in [-0.15, -0.1) is 0 Å². The van der Waals surface area contributed by atoms with E-state index in [2.05, 4.69) is 96.2 Å². The highest BCUT2D eigenvalue weighted by Gasteiger charge is 2.36. The fourth-order valence-electron chi connectivity index (χ4n) is 7.82. The maximum atomic E-state index is 14.0. The minimum atomic E-state index is -0.356. The van der Waals surface area contributed by atoms with Crippen LogP contribution in [0.25, 0.3) is 77.9 Å². The molecular formula is C43H29N5O. The van der Waals surface area contributed by atoms with E-state index in [-0.39, 0.29) is 11.0 Å². The van der Waals surface area contributed by atoms with Crippen LogP contribution in [0.2, 0.25) is 0 Å². The molecule has 0 unspecified atom stereocenters. The molecule has 6 nitrogen and oxygen atoms in total. The molecule has 1 aliphatic carbocycles. The minimum absolute atomic E-state index is 0.174. The van der Waals surface area contributed by atoms with Crippen molar-refractivity contribution in [1.29, 1.82) is 0 Å². The molecule has 232 valence electrons. The quantitative estimate of drug-likeness (QED) is 0.182. The van der Waals surface area contributed by atoms with E-state index in [0.29, 0.717) is 28.3 Å². The summed E-state index contributed by atoms with van der Waals surface area (Å²) in [6.45, 7) is 4.59. The van der Waals surface area contributed by atoms with Gasteiger partial charge < -0.3 is 0 Å². The van der Waals surface area contributed by atoms with Crippen LogP contribution in [-0.2, 0) is 5.41 Å². The highest BCUT2D eigenvalue weighted by atomic mass is 16.1. The van der Waals surface area contributed by atoms with Crippen LogP contribution in [0, 0.1) is 0 Å². The lowest BCUT2D eigenvalue weighted by Gasteiger charge is -2.21. The van der Waals surface area contributed by atoms with Gasteiger partial charge in [0, 0.05) is 27.9 Å². The lowest BCUT2D eigenvalue weighted by Crippen LogP contribution is -2.16. The van der Waals surface area contributed by atoms with Crippen LogP contribution in [0.5, 0.6) is 0 Å². The molecule has 0 bridgehead atoms. The van der Waals surface area contributed by atoms with Gasteiger partial charge in [-0.1, -0.05) is 117 Å². The van der Waals surface area contributed by atoms with Crippen molar-refractivity contribution in [1.82, 2.24) is 23.9 Å². The number of pyridine rings is 1. The van der Waals surface area contributed by atoms with Crippen molar-refractivity contribution in [3.05, 3.63) is 161 Å². The largest absolute Gasteiger partial charge is 0.285 e. The second-order valence-corrected chi connectivity index (χ2v) is 13.3. The van der Waals surface area contributed by atoms with Gasteiger partial charge in [-0.25, -0.2) is 4.98 Å². The fourth-order valence-corrected chi connectivity index (χ4v) is 7.82. The normalized spacial score (nSPS) is 13.3. The molecule has 0 N–H and O–H groups in total. The summed E-state index contributed by atoms with van der Waals surface area (Å²) < 4.78 is 4.07. The number of para-hydroxylation sites is 1. The molecule has 4 aromatic heterocycles. The Morgan fingerprint density at radius 3 is 2.10 bits per heavy atom. The number of fused-ring (bicyclic) bond motifs is 9. The van der Waals surface area contributed by atoms with Gasteiger partial charge in [0.15, 0.2) is 5.65 Å². The SMILES string of the molecule is CC1(C)c2ccccc2-c2cc3c4ccccc4n(-c4nc(-c5ccccc5)c5c(=O)nc6cc(-c7ccccc7)ccn6c5n4)c3cc21. The molecule has 5 aromatic carbocycles. The maximum absolute atomic E-state index is 14.0. The molecule has 0 saturated carbocycles. The fraction of sp³-hybridized carbons (Fsp3) is 0.0698. The summed E-state index contributed by atoms with van der Waals surface area (Å²) in [5.74, 6) is 0.498. The molecule has 0 saturated heterocycles. The van der Waals surface area contributed by atoms with Crippen molar-refractivity contribution < 1.29 is 0 Å². The van der Waals surface area contributed by atoms with E-state index in [1.54, 1.807) is 0 Å². The third-order valence-electron chi connectivity index (χ3n) is 10.2. The summed E-state index contributed by atoms with van der Waals surface area (Å²) in [6.07, 6.45) is 1.95. The van der Waals surface area contributed by atoms with Crippen molar-refractivity contribution in [2.24, 2.45) is 0 Å². The van der Waals surface area contributed by atoms with Crippen molar-refractivity contribution in [3.8, 4) is 39.5 Å². The lowest BCUT2D eigenvalue weighted by molar-refractivity contribution is 0.661. The first-order chi connectivity index (χ1) is 24.0. The summed E-state index contributed by atoms with van der Waals surface area (Å²) >= 11 is 0. The highest BCUT2D eigenvalue weighted by molar-refractivity contribution is 6.11. The molecule has 0 aliphatic heterocycles. The van der Waals surface area contributed by atoms with Crippen molar-refractivity contribution in [3.63, 3.8) is 0 Å². The minimum Gasteiger partial charge on any atom is -0.285 e. The number of hydrogen-bond acceptors (Lipinski definition) is 4. The first-order valence-electron chi connectivity index (χ1n) is 16.5. The van der Waals surface area contributed by atoms with Gasteiger partial charge in [-0.3, -0.25) is 13.8 Å². The first-order valence-corrected chi connectivity index (χ1v) is 16.5. The summed E-state index contributed by atoms with van der Waals surface area (Å²) in [4.78, 5) is 29.0. The smallest absolute Gasteiger partial charge is 0.284 e. The lowest BCUT2D eigenvalue weighted by atomic mass is 9.82. The third-order valence-corrected chi connectivity index (χ3v) is 10.2. The molecule has 4 heterocycles. The van der Waals surface area contributed by atoms with E-state index in [1.165, 1.54) is 22.3 Å². The zero-order chi connectivity index (χ0) is 32.9. The van der Waals surface area contributed by atoms with Crippen LogP contribution >= 0.6 is 0 Å². The van der Waals surface area contributed by atoms with Gasteiger partial charge >= 0.3 is 0 Å². The predicted octanol–water partition coefficient (Wildman–Crippen LogP) is 9.38. The Hall–Kier alpha value is -6.40. The van der Waals surface area contributed by atoms with Gasteiger partial charge in [0.1, 0.15) is 11.0 Å². The Morgan fingerprint density at radius 1 is 0.571 bits per heavy atom. The monoisotopic (exact) mass is 631 g/mol. The number of aromatic nitrogens is 5. The topological polar surface area (TPSA) is 65.1 Å². The highest BCUT2D eigenvalue weighted by Crippen LogP contribution is 2.50. The number of rotatable bonds is 3. The standard InChI is InChI=1S/C43H29N5O/c1-43(2)33-19-11-9-17-29(33)31-24-32-30-18-10-12-20-35(30)48(36(32)25-34(31)43)42-45-39(27-15-7-4-8-16-27)38-40(46-42)47-22-21-28(23-37(47)44-41(38)49)26-13-5-3-6-14-26/h3-25H,1-2H3. The Labute approximate surface area is 281 Å². The van der Waals surface area contributed by atoms with Gasteiger partial charge in [0.2, 0.25) is 5.95 Å². The van der Waals surface area contributed by atoms with E-state index in [4.69, 9.17) is 9.97 Å². The van der Waals surface area contributed by atoms with E-state index in [0.717, 1.165) is 38.5 Å². The third kappa shape index (κ3) is 3.94. The molecule has 1 aliphatic rings. The molecule has 0 radical (unpaired) electrons. The Bertz CT molecular complexity index is 2870. The average molecular weight is 632 g/mol. The molecule has 0 spiro atoms. The van der Waals surface area contributed by atoms with Crippen molar-refractivity contribution >= 4 is 38.5 Å². The van der Waals surface area contributed by atoms with Crippen LogP contribution in [0.15, 0.2) is 144 Å².